The van der Waals surface area contributed by atoms with E-state index in [-0.39, 0.29) is 5.82 Å². The zero-order valence-electron chi connectivity index (χ0n) is 8.71. The minimum absolute atomic E-state index is 0.279. The Bertz CT molecular complexity index is 574. The molecular formula is C12H8BrFN2S. The third kappa shape index (κ3) is 3.05. The Morgan fingerprint density at radius 2 is 2.18 bits per heavy atom. The summed E-state index contributed by atoms with van der Waals surface area (Å²) >= 11 is 4.58. The van der Waals surface area contributed by atoms with E-state index in [1.165, 1.54) is 17.4 Å². The number of hydrogen-bond acceptors (Lipinski definition) is 3. The monoisotopic (exact) mass is 310 g/mol. The maximum atomic E-state index is 13.0. The number of halogens is 2. The fourth-order valence-electron chi connectivity index (χ4n) is 1.33. The van der Waals surface area contributed by atoms with Crippen LogP contribution in [0.1, 0.15) is 9.75 Å². The number of rotatable bonds is 3. The van der Waals surface area contributed by atoms with Crippen LogP contribution in [-0.4, -0.2) is 0 Å². The summed E-state index contributed by atoms with van der Waals surface area (Å²) in [5.41, 5.74) is 0.838. The second-order valence-electron chi connectivity index (χ2n) is 3.36. The first-order valence-corrected chi connectivity index (χ1v) is 6.48. The minimum atomic E-state index is -0.279. The first-order chi connectivity index (χ1) is 8.19. The van der Waals surface area contributed by atoms with Crippen molar-refractivity contribution in [2.24, 2.45) is 0 Å². The maximum Gasteiger partial charge on any atom is 0.137 e. The Balaban J connectivity index is 2.02. The van der Waals surface area contributed by atoms with Crippen molar-refractivity contribution >= 4 is 33.0 Å². The van der Waals surface area contributed by atoms with Crippen molar-refractivity contribution in [3.05, 3.63) is 50.4 Å². The van der Waals surface area contributed by atoms with Gasteiger partial charge in [-0.2, -0.15) is 5.26 Å². The second-order valence-corrected chi connectivity index (χ2v) is 5.38. The molecule has 0 spiro atoms. The fourth-order valence-corrected chi connectivity index (χ4v) is 2.45. The number of benzene rings is 1. The van der Waals surface area contributed by atoms with Gasteiger partial charge in [0.05, 0.1) is 4.47 Å². The van der Waals surface area contributed by atoms with E-state index in [9.17, 15) is 4.39 Å². The smallest absolute Gasteiger partial charge is 0.137 e. The average Bonchev–Trinajstić information content (AvgIpc) is 2.79. The minimum Gasteiger partial charge on any atom is -0.380 e. The van der Waals surface area contributed by atoms with Crippen molar-refractivity contribution in [2.75, 3.05) is 5.32 Å². The van der Waals surface area contributed by atoms with E-state index < -0.39 is 0 Å². The van der Waals surface area contributed by atoms with Crippen molar-refractivity contribution in [3.8, 4) is 6.07 Å². The van der Waals surface area contributed by atoms with E-state index >= 15 is 0 Å². The lowest BCUT2D eigenvalue weighted by molar-refractivity contribution is 0.621. The molecular weight excluding hydrogens is 303 g/mol. The molecule has 0 saturated heterocycles. The number of nitrogens with zero attached hydrogens (tertiary/aromatic N) is 1. The van der Waals surface area contributed by atoms with Crippen LogP contribution in [0.15, 0.2) is 34.8 Å². The van der Waals surface area contributed by atoms with Gasteiger partial charge in [0.1, 0.15) is 16.8 Å². The molecule has 0 aliphatic heterocycles. The van der Waals surface area contributed by atoms with Gasteiger partial charge in [0.2, 0.25) is 0 Å². The predicted molar refractivity (Wildman–Crippen MR) is 70.5 cm³/mol. The summed E-state index contributed by atoms with van der Waals surface area (Å²) in [5.74, 6) is -0.279. The highest BCUT2D eigenvalue weighted by atomic mass is 79.9. The number of nitriles is 1. The molecule has 2 nitrogen and oxygen atoms in total. The molecule has 0 aliphatic rings. The molecule has 1 N–H and O–H groups in total. The van der Waals surface area contributed by atoms with Crippen molar-refractivity contribution in [1.29, 1.82) is 5.26 Å². The summed E-state index contributed by atoms with van der Waals surface area (Å²) in [4.78, 5) is 1.77. The van der Waals surface area contributed by atoms with Crippen LogP contribution in [0.4, 0.5) is 10.1 Å². The highest BCUT2D eigenvalue weighted by Crippen LogP contribution is 2.21. The Morgan fingerprint density at radius 3 is 2.82 bits per heavy atom. The van der Waals surface area contributed by atoms with Crippen LogP contribution < -0.4 is 5.32 Å². The van der Waals surface area contributed by atoms with Crippen LogP contribution in [-0.2, 0) is 6.54 Å². The van der Waals surface area contributed by atoms with Crippen molar-refractivity contribution in [1.82, 2.24) is 0 Å². The highest BCUT2D eigenvalue weighted by molar-refractivity contribution is 9.10. The highest BCUT2D eigenvalue weighted by Gasteiger charge is 2.02. The normalized spacial score (nSPS) is 9.94. The lowest BCUT2D eigenvalue weighted by Crippen LogP contribution is -1.97. The van der Waals surface area contributed by atoms with Gasteiger partial charge in [-0.15, -0.1) is 11.3 Å². The second kappa shape index (κ2) is 5.30. The fraction of sp³-hybridized carbons (Fsp3) is 0.0833. The molecule has 86 valence electrons. The van der Waals surface area contributed by atoms with Gasteiger partial charge in [0.25, 0.3) is 0 Å². The molecule has 1 aromatic carbocycles. The number of thiophene rings is 1. The van der Waals surface area contributed by atoms with E-state index in [1.54, 1.807) is 18.2 Å². The summed E-state index contributed by atoms with van der Waals surface area (Å²) in [6.07, 6.45) is 0. The molecule has 1 aromatic heterocycles. The van der Waals surface area contributed by atoms with Crippen LogP contribution in [0, 0.1) is 17.1 Å². The molecule has 0 aliphatic carbocycles. The summed E-state index contributed by atoms with van der Waals surface area (Å²) < 4.78 is 13.4. The molecule has 1 heterocycles. The average molecular weight is 311 g/mol. The summed E-state index contributed by atoms with van der Waals surface area (Å²) in [6.45, 7) is 0.629. The molecule has 2 aromatic rings. The molecule has 0 atom stereocenters. The van der Waals surface area contributed by atoms with E-state index in [4.69, 9.17) is 5.26 Å². The molecule has 0 radical (unpaired) electrons. The zero-order valence-corrected chi connectivity index (χ0v) is 11.1. The van der Waals surface area contributed by atoms with Gasteiger partial charge >= 0.3 is 0 Å². The molecule has 17 heavy (non-hydrogen) atoms. The largest absolute Gasteiger partial charge is 0.380 e. The van der Waals surface area contributed by atoms with E-state index in [2.05, 4.69) is 27.3 Å². The van der Waals surface area contributed by atoms with Crippen molar-refractivity contribution < 1.29 is 4.39 Å². The van der Waals surface area contributed by atoms with Crippen LogP contribution in [0.25, 0.3) is 0 Å². The zero-order chi connectivity index (χ0) is 12.3. The van der Waals surface area contributed by atoms with Gasteiger partial charge < -0.3 is 5.32 Å². The van der Waals surface area contributed by atoms with Gasteiger partial charge in [-0.25, -0.2) is 4.39 Å². The quantitative estimate of drug-likeness (QED) is 0.925. The topological polar surface area (TPSA) is 35.8 Å². The van der Waals surface area contributed by atoms with Gasteiger partial charge in [-0.3, -0.25) is 0 Å². The van der Waals surface area contributed by atoms with E-state index in [1.807, 2.05) is 6.07 Å². The Labute approximate surface area is 111 Å². The van der Waals surface area contributed by atoms with E-state index in [0.29, 0.717) is 15.9 Å². The number of nitrogens with one attached hydrogen (secondary N) is 1. The molecule has 0 fully saturated rings. The molecule has 5 heteroatoms. The number of hydrogen-bond donors (Lipinski definition) is 1. The Hall–Kier alpha value is -1.38. The molecule has 0 saturated carbocycles. The van der Waals surface area contributed by atoms with Crippen LogP contribution in [0.2, 0.25) is 0 Å². The van der Waals surface area contributed by atoms with Crippen LogP contribution in [0.5, 0.6) is 0 Å². The van der Waals surface area contributed by atoms with Gasteiger partial charge in [-0.1, -0.05) is 0 Å². The van der Waals surface area contributed by atoms with Gasteiger partial charge in [0, 0.05) is 17.1 Å². The van der Waals surface area contributed by atoms with E-state index in [0.717, 1.165) is 10.6 Å². The van der Waals surface area contributed by atoms with Crippen LogP contribution >= 0.6 is 27.3 Å². The predicted octanol–water partition coefficient (Wildman–Crippen LogP) is 4.13. The molecule has 0 unspecified atom stereocenters. The molecule has 0 bridgehead atoms. The standard InChI is InChI=1S/C12H8BrFN2S/c13-11-5-8(1-4-12(11)14)16-7-10-3-2-9(6-15)17-10/h1-5,16H,7H2. The molecule has 0 amide bonds. The first-order valence-electron chi connectivity index (χ1n) is 4.87. The molecule has 2 rings (SSSR count). The van der Waals surface area contributed by atoms with Gasteiger partial charge in [0.15, 0.2) is 0 Å². The summed E-state index contributed by atoms with van der Waals surface area (Å²) in [6, 6.07) is 10.6. The van der Waals surface area contributed by atoms with Crippen LogP contribution in [0.3, 0.4) is 0 Å². The third-order valence-electron chi connectivity index (χ3n) is 2.16. The van der Waals surface area contributed by atoms with Gasteiger partial charge in [-0.05, 0) is 46.3 Å². The maximum absolute atomic E-state index is 13.0. The van der Waals surface area contributed by atoms with Crippen molar-refractivity contribution in [3.63, 3.8) is 0 Å². The number of anilines is 1. The SMILES string of the molecule is N#Cc1ccc(CNc2ccc(F)c(Br)c2)s1. The Morgan fingerprint density at radius 1 is 1.35 bits per heavy atom. The summed E-state index contributed by atoms with van der Waals surface area (Å²) in [7, 11) is 0. The third-order valence-corrected chi connectivity index (χ3v) is 3.76. The Kier molecular flexibility index (Phi) is 3.77. The lowest BCUT2D eigenvalue weighted by Gasteiger charge is -2.05. The lowest BCUT2D eigenvalue weighted by atomic mass is 10.3. The van der Waals surface area contributed by atoms with Crippen molar-refractivity contribution in [2.45, 2.75) is 6.54 Å². The summed E-state index contributed by atoms with van der Waals surface area (Å²) in [5, 5.41) is 11.9. The first kappa shape index (κ1) is 12.1.